The molecular weight excluding hydrogens is 266 g/mol. The lowest BCUT2D eigenvalue weighted by atomic mass is 10.3. The molecule has 0 aliphatic rings. The van der Waals surface area contributed by atoms with Crippen LogP contribution in [0.5, 0.6) is 5.75 Å². The maximum Gasteiger partial charge on any atom is 0.242 e. The summed E-state index contributed by atoms with van der Waals surface area (Å²) in [6, 6.07) is 6.79. The minimum Gasteiger partial charge on any atom is -0.494 e. The van der Waals surface area contributed by atoms with Crippen LogP contribution in [0.2, 0.25) is 0 Å². The number of sulfone groups is 1. The zero-order chi connectivity index (χ0) is 14.5. The van der Waals surface area contributed by atoms with Crippen LogP contribution in [-0.2, 0) is 14.6 Å². The third-order valence-corrected chi connectivity index (χ3v) is 4.84. The van der Waals surface area contributed by atoms with E-state index >= 15 is 0 Å². The summed E-state index contributed by atoms with van der Waals surface area (Å²) in [5.74, 6) is 0.131. The summed E-state index contributed by atoms with van der Waals surface area (Å²) in [6.07, 6.45) is 0. The number of amides is 1. The number of benzene rings is 1. The van der Waals surface area contributed by atoms with Crippen LogP contribution >= 0.6 is 0 Å². The number of rotatable bonds is 6. The molecule has 0 radical (unpaired) electrons. The molecule has 1 N–H and O–H groups in total. The van der Waals surface area contributed by atoms with Gasteiger partial charge in [0.2, 0.25) is 5.91 Å². The van der Waals surface area contributed by atoms with E-state index in [1.54, 1.807) is 24.3 Å². The second kappa shape index (κ2) is 6.56. The van der Waals surface area contributed by atoms with E-state index < -0.39 is 21.0 Å². The van der Waals surface area contributed by atoms with Crippen LogP contribution in [0.1, 0.15) is 20.8 Å². The molecule has 1 amide bonds. The van der Waals surface area contributed by atoms with Crippen LogP contribution in [0, 0.1) is 0 Å². The lowest BCUT2D eigenvalue weighted by Crippen LogP contribution is -2.33. The Balaban J connectivity index is 2.72. The first-order valence-electron chi connectivity index (χ1n) is 6.16. The predicted octanol–water partition coefficient (Wildman–Crippen LogP) is 1.85. The Morgan fingerprint density at radius 3 is 2.32 bits per heavy atom. The Labute approximate surface area is 113 Å². The van der Waals surface area contributed by atoms with Gasteiger partial charge in [-0.15, -0.1) is 0 Å². The molecule has 0 heterocycles. The van der Waals surface area contributed by atoms with Crippen molar-refractivity contribution in [2.45, 2.75) is 26.0 Å². The maximum atomic E-state index is 11.8. The number of carbonyl (C=O) groups excluding carboxylic acids is 1. The first-order chi connectivity index (χ1) is 8.90. The van der Waals surface area contributed by atoms with Crippen molar-refractivity contribution in [2.75, 3.05) is 17.7 Å². The van der Waals surface area contributed by atoms with Crippen LogP contribution in [0.15, 0.2) is 24.3 Å². The molecule has 0 spiro atoms. The van der Waals surface area contributed by atoms with E-state index in [4.69, 9.17) is 4.74 Å². The number of nitrogens with one attached hydrogen (secondary N) is 1. The minimum absolute atomic E-state index is 0.0507. The van der Waals surface area contributed by atoms with E-state index in [1.165, 1.54) is 13.8 Å². The summed E-state index contributed by atoms with van der Waals surface area (Å²) in [6.45, 7) is 5.36. The Morgan fingerprint density at radius 1 is 1.26 bits per heavy atom. The normalized spacial score (nSPS) is 12.8. The van der Waals surface area contributed by atoms with Crippen LogP contribution < -0.4 is 10.1 Å². The molecule has 0 aromatic heterocycles. The molecule has 5 nitrogen and oxygen atoms in total. The fraction of sp³-hybridized carbons (Fsp3) is 0.462. The molecule has 0 saturated heterocycles. The van der Waals surface area contributed by atoms with Crippen molar-refractivity contribution in [1.29, 1.82) is 0 Å². The molecule has 1 aromatic rings. The summed E-state index contributed by atoms with van der Waals surface area (Å²) >= 11 is 0. The number of anilines is 1. The van der Waals surface area contributed by atoms with Crippen LogP contribution in [0.3, 0.4) is 0 Å². The first-order valence-corrected chi connectivity index (χ1v) is 7.87. The average molecular weight is 285 g/mol. The van der Waals surface area contributed by atoms with Gasteiger partial charge in [-0.1, -0.05) is 6.92 Å². The molecule has 0 fully saturated rings. The maximum absolute atomic E-state index is 11.8. The van der Waals surface area contributed by atoms with Crippen LogP contribution in [0.4, 0.5) is 5.69 Å². The van der Waals surface area contributed by atoms with E-state index in [0.717, 1.165) is 0 Å². The molecule has 0 aliphatic carbocycles. The van der Waals surface area contributed by atoms with Gasteiger partial charge in [-0.25, -0.2) is 8.42 Å². The SMILES string of the molecule is CCOc1ccc(NC(=O)[C@@H](C)S(=O)(=O)CC)cc1. The van der Waals surface area contributed by atoms with E-state index in [9.17, 15) is 13.2 Å². The van der Waals surface area contributed by atoms with Gasteiger partial charge in [-0.3, -0.25) is 4.79 Å². The fourth-order valence-electron chi connectivity index (χ4n) is 1.46. The number of hydrogen-bond donors (Lipinski definition) is 1. The monoisotopic (exact) mass is 285 g/mol. The highest BCUT2D eigenvalue weighted by Gasteiger charge is 2.26. The van der Waals surface area contributed by atoms with Crippen molar-refractivity contribution in [3.8, 4) is 5.75 Å². The Morgan fingerprint density at radius 2 is 1.84 bits per heavy atom. The topological polar surface area (TPSA) is 72.5 Å². The van der Waals surface area contributed by atoms with Crippen molar-refractivity contribution in [3.05, 3.63) is 24.3 Å². The van der Waals surface area contributed by atoms with Gasteiger partial charge in [0.15, 0.2) is 9.84 Å². The molecule has 0 unspecified atom stereocenters. The van der Waals surface area contributed by atoms with Gasteiger partial charge >= 0.3 is 0 Å². The molecule has 1 rings (SSSR count). The van der Waals surface area contributed by atoms with Crippen molar-refractivity contribution in [3.63, 3.8) is 0 Å². The Kier molecular flexibility index (Phi) is 5.35. The zero-order valence-corrected chi connectivity index (χ0v) is 12.2. The summed E-state index contributed by atoms with van der Waals surface area (Å²) < 4.78 is 28.5. The number of carbonyl (C=O) groups is 1. The van der Waals surface area contributed by atoms with Gasteiger partial charge in [0.25, 0.3) is 0 Å². The third-order valence-electron chi connectivity index (χ3n) is 2.74. The van der Waals surface area contributed by atoms with Crippen molar-refractivity contribution in [2.24, 2.45) is 0 Å². The minimum atomic E-state index is -3.37. The third kappa shape index (κ3) is 4.24. The van der Waals surface area contributed by atoms with E-state index in [2.05, 4.69) is 5.32 Å². The number of ether oxygens (including phenoxy) is 1. The number of hydrogen-bond acceptors (Lipinski definition) is 4. The molecule has 1 aromatic carbocycles. The summed E-state index contributed by atoms with van der Waals surface area (Å²) in [7, 11) is -3.37. The molecule has 0 saturated carbocycles. The van der Waals surface area contributed by atoms with Crippen molar-refractivity contribution >= 4 is 21.4 Å². The standard InChI is InChI=1S/C13H19NO4S/c1-4-18-12-8-6-11(7-9-12)14-13(15)10(3)19(16,17)5-2/h6-10H,4-5H2,1-3H3,(H,14,15)/t10-/m1/s1. The van der Waals surface area contributed by atoms with Crippen LogP contribution in [0.25, 0.3) is 0 Å². The smallest absolute Gasteiger partial charge is 0.242 e. The fourth-order valence-corrected chi connectivity index (χ4v) is 2.34. The lowest BCUT2D eigenvalue weighted by Gasteiger charge is -2.12. The lowest BCUT2D eigenvalue weighted by molar-refractivity contribution is -0.115. The van der Waals surface area contributed by atoms with Gasteiger partial charge in [0, 0.05) is 11.4 Å². The second-order valence-electron chi connectivity index (χ2n) is 4.04. The van der Waals surface area contributed by atoms with Crippen LogP contribution in [-0.4, -0.2) is 31.9 Å². The predicted molar refractivity (Wildman–Crippen MR) is 75.2 cm³/mol. The van der Waals surface area contributed by atoms with Gasteiger partial charge in [0.1, 0.15) is 11.0 Å². The van der Waals surface area contributed by atoms with Gasteiger partial charge in [-0.05, 0) is 38.1 Å². The van der Waals surface area contributed by atoms with Crippen molar-refractivity contribution in [1.82, 2.24) is 0 Å². The van der Waals surface area contributed by atoms with E-state index in [0.29, 0.717) is 18.0 Å². The molecule has 0 aliphatic heterocycles. The van der Waals surface area contributed by atoms with E-state index in [1.807, 2.05) is 6.92 Å². The molecule has 19 heavy (non-hydrogen) atoms. The zero-order valence-electron chi connectivity index (χ0n) is 11.3. The Hall–Kier alpha value is -1.56. The highest BCUT2D eigenvalue weighted by atomic mass is 32.2. The van der Waals surface area contributed by atoms with E-state index in [-0.39, 0.29) is 5.75 Å². The summed E-state index contributed by atoms with van der Waals surface area (Å²) in [4.78, 5) is 11.8. The summed E-state index contributed by atoms with van der Waals surface area (Å²) in [5, 5.41) is 1.53. The summed E-state index contributed by atoms with van der Waals surface area (Å²) in [5.41, 5.74) is 0.548. The van der Waals surface area contributed by atoms with Crippen molar-refractivity contribution < 1.29 is 17.9 Å². The molecule has 1 atom stereocenters. The molecule has 106 valence electrons. The average Bonchev–Trinajstić information content (AvgIpc) is 2.40. The largest absolute Gasteiger partial charge is 0.494 e. The Bertz CT molecular complexity index is 522. The quantitative estimate of drug-likeness (QED) is 0.865. The molecular formula is C13H19NO4S. The highest BCUT2D eigenvalue weighted by Crippen LogP contribution is 2.16. The highest BCUT2D eigenvalue weighted by molar-refractivity contribution is 7.92. The van der Waals surface area contributed by atoms with Gasteiger partial charge < -0.3 is 10.1 Å². The van der Waals surface area contributed by atoms with Gasteiger partial charge in [0.05, 0.1) is 6.61 Å². The first kappa shape index (κ1) is 15.5. The molecule has 0 bridgehead atoms. The molecule has 6 heteroatoms. The van der Waals surface area contributed by atoms with Gasteiger partial charge in [-0.2, -0.15) is 0 Å². The second-order valence-corrected chi connectivity index (χ2v) is 6.65.